The molecular weight excluding hydrogens is 381 g/mol. The van der Waals surface area contributed by atoms with Gasteiger partial charge in [0.15, 0.2) is 0 Å². The molecule has 1 aromatic carbocycles. The van der Waals surface area contributed by atoms with Crippen molar-refractivity contribution in [2.24, 2.45) is 7.05 Å². The van der Waals surface area contributed by atoms with E-state index in [1.54, 1.807) is 36.4 Å². The standard InChI is InChI=1S/C17H15F3N4O2S/c1-24-11-14(10-22-24)13-6-12(7-21-9-13)8-23-27(25,26)16-5-3-2-4-15(16)17(18,19)20/h2-7,9-11,23H,8H2,1H3. The Balaban J connectivity index is 1.83. The van der Waals surface area contributed by atoms with E-state index in [1.165, 1.54) is 12.3 Å². The first-order valence-electron chi connectivity index (χ1n) is 7.76. The van der Waals surface area contributed by atoms with Gasteiger partial charge in [0.05, 0.1) is 16.7 Å². The topological polar surface area (TPSA) is 76.9 Å². The summed E-state index contributed by atoms with van der Waals surface area (Å²) in [5.74, 6) is 0. The fourth-order valence-electron chi connectivity index (χ4n) is 2.50. The Bertz CT molecular complexity index is 1060. The number of nitrogens with zero attached hydrogens (tertiary/aromatic N) is 3. The lowest BCUT2D eigenvalue weighted by Gasteiger charge is -2.13. The van der Waals surface area contributed by atoms with E-state index in [0.29, 0.717) is 5.56 Å². The van der Waals surface area contributed by atoms with Crippen molar-refractivity contribution in [3.63, 3.8) is 0 Å². The summed E-state index contributed by atoms with van der Waals surface area (Å²) >= 11 is 0. The lowest BCUT2D eigenvalue weighted by Crippen LogP contribution is -2.26. The summed E-state index contributed by atoms with van der Waals surface area (Å²) in [5.41, 5.74) is 0.803. The molecule has 0 saturated carbocycles. The van der Waals surface area contributed by atoms with Gasteiger partial charge in [-0.1, -0.05) is 12.1 Å². The molecule has 0 fully saturated rings. The Hall–Kier alpha value is -2.72. The van der Waals surface area contributed by atoms with Gasteiger partial charge in [0.2, 0.25) is 10.0 Å². The lowest BCUT2D eigenvalue weighted by molar-refractivity contribution is -0.139. The normalized spacial score (nSPS) is 12.3. The van der Waals surface area contributed by atoms with Crippen LogP contribution < -0.4 is 4.72 Å². The largest absolute Gasteiger partial charge is 0.417 e. The molecule has 0 bridgehead atoms. The number of aryl methyl sites for hydroxylation is 1. The molecule has 1 N–H and O–H groups in total. The predicted molar refractivity (Wildman–Crippen MR) is 91.9 cm³/mol. The molecule has 0 unspecified atom stereocenters. The zero-order valence-electron chi connectivity index (χ0n) is 14.1. The van der Waals surface area contributed by atoms with E-state index < -0.39 is 26.7 Å². The van der Waals surface area contributed by atoms with Crippen LogP contribution in [0.3, 0.4) is 0 Å². The molecule has 142 valence electrons. The van der Waals surface area contributed by atoms with Gasteiger partial charge < -0.3 is 0 Å². The number of pyridine rings is 1. The van der Waals surface area contributed by atoms with Crippen LogP contribution in [0, 0.1) is 0 Å². The van der Waals surface area contributed by atoms with E-state index >= 15 is 0 Å². The fourth-order valence-corrected chi connectivity index (χ4v) is 3.75. The maximum Gasteiger partial charge on any atom is 0.417 e. The van der Waals surface area contributed by atoms with Crippen LogP contribution >= 0.6 is 0 Å². The van der Waals surface area contributed by atoms with Crippen molar-refractivity contribution in [1.29, 1.82) is 0 Å². The molecule has 10 heteroatoms. The number of sulfonamides is 1. The summed E-state index contributed by atoms with van der Waals surface area (Å²) in [5, 5.41) is 4.05. The van der Waals surface area contributed by atoms with E-state index in [9.17, 15) is 21.6 Å². The number of halogens is 3. The van der Waals surface area contributed by atoms with Gasteiger partial charge in [0, 0.05) is 43.3 Å². The summed E-state index contributed by atoms with van der Waals surface area (Å²) in [7, 11) is -2.60. The van der Waals surface area contributed by atoms with Crippen molar-refractivity contribution in [1.82, 2.24) is 19.5 Å². The Morgan fingerprint density at radius 1 is 1.11 bits per heavy atom. The van der Waals surface area contributed by atoms with Crippen LogP contribution in [0.4, 0.5) is 13.2 Å². The first kappa shape index (κ1) is 19.1. The lowest BCUT2D eigenvalue weighted by atomic mass is 10.1. The molecule has 0 amide bonds. The first-order chi connectivity index (χ1) is 12.7. The molecular formula is C17H15F3N4O2S. The van der Waals surface area contributed by atoms with Crippen LogP contribution in [0.25, 0.3) is 11.1 Å². The average Bonchev–Trinajstić information content (AvgIpc) is 3.06. The van der Waals surface area contributed by atoms with Crippen molar-refractivity contribution in [3.8, 4) is 11.1 Å². The first-order valence-corrected chi connectivity index (χ1v) is 9.24. The molecule has 0 aliphatic carbocycles. The number of alkyl halides is 3. The second kappa shape index (κ2) is 7.12. The maximum absolute atomic E-state index is 13.1. The Labute approximate surface area is 153 Å². The molecule has 2 aromatic heterocycles. The highest BCUT2D eigenvalue weighted by Gasteiger charge is 2.36. The monoisotopic (exact) mass is 396 g/mol. The summed E-state index contributed by atoms with van der Waals surface area (Å²) in [6, 6.07) is 5.74. The SMILES string of the molecule is Cn1cc(-c2cncc(CNS(=O)(=O)c3ccccc3C(F)(F)F)c2)cn1. The van der Waals surface area contributed by atoms with Crippen molar-refractivity contribution < 1.29 is 21.6 Å². The van der Waals surface area contributed by atoms with Crippen molar-refractivity contribution in [2.75, 3.05) is 0 Å². The maximum atomic E-state index is 13.1. The predicted octanol–water partition coefficient (Wildman–Crippen LogP) is 2.98. The highest BCUT2D eigenvalue weighted by Crippen LogP contribution is 2.33. The second-order valence-corrected chi connectivity index (χ2v) is 7.54. The number of benzene rings is 1. The van der Waals surface area contributed by atoms with Gasteiger partial charge in [-0.15, -0.1) is 0 Å². The van der Waals surface area contributed by atoms with Crippen LogP contribution in [-0.2, 0) is 29.8 Å². The minimum atomic E-state index is -4.77. The van der Waals surface area contributed by atoms with Crippen molar-refractivity contribution in [3.05, 3.63) is 66.2 Å². The number of nitrogens with one attached hydrogen (secondary N) is 1. The Morgan fingerprint density at radius 3 is 2.52 bits per heavy atom. The third-order valence-corrected chi connectivity index (χ3v) is 5.24. The molecule has 3 aromatic rings. The van der Waals surface area contributed by atoms with E-state index in [1.807, 2.05) is 0 Å². The smallest absolute Gasteiger partial charge is 0.275 e. The van der Waals surface area contributed by atoms with Crippen LogP contribution in [-0.4, -0.2) is 23.2 Å². The van der Waals surface area contributed by atoms with E-state index in [-0.39, 0.29) is 6.54 Å². The molecule has 6 nitrogen and oxygen atoms in total. The van der Waals surface area contributed by atoms with Gasteiger partial charge in [-0.05, 0) is 23.8 Å². The third-order valence-electron chi connectivity index (χ3n) is 3.78. The minimum Gasteiger partial charge on any atom is -0.275 e. The van der Waals surface area contributed by atoms with Gasteiger partial charge in [0.1, 0.15) is 0 Å². The molecule has 2 heterocycles. The van der Waals surface area contributed by atoms with Crippen LogP contribution in [0.2, 0.25) is 0 Å². The van der Waals surface area contributed by atoms with E-state index in [2.05, 4.69) is 14.8 Å². The summed E-state index contributed by atoms with van der Waals surface area (Å²) < 4.78 is 67.8. The Morgan fingerprint density at radius 2 is 1.85 bits per heavy atom. The minimum absolute atomic E-state index is 0.199. The summed E-state index contributed by atoms with van der Waals surface area (Å²) in [6.45, 7) is -0.199. The zero-order valence-corrected chi connectivity index (χ0v) is 14.9. The van der Waals surface area contributed by atoms with Crippen LogP contribution in [0.1, 0.15) is 11.1 Å². The number of rotatable bonds is 5. The molecule has 0 saturated heterocycles. The quantitative estimate of drug-likeness (QED) is 0.719. The zero-order chi connectivity index (χ0) is 19.7. The molecule has 0 aliphatic heterocycles. The highest BCUT2D eigenvalue weighted by molar-refractivity contribution is 7.89. The summed E-state index contributed by atoms with van der Waals surface area (Å²) in [6.07, 6.45) is 1.66. The molecule has 0 radical (unpaired) electrons. The summed E-state index contributed by atoms with van der Waals surface area (Å²) in [4.78, 5) is 3.24. The number of hydrogen-bond donors (Lipinski definition) is 1. The van der Waals surface area contributed by atoms with Gasteiger partial charge in [-0.2, -0.15) is 18.3 Å². The molecule has 0 aliphatic rings. The fraction of sp³-hybridized carbons (Fsp3) is 0.176. The van der Waals surface area contributed by atoms with Crippen LogP contribution in [0.5, 0.6) is 0 Å². The molecule has 3 rings (SSSR count). The van der Waals surface area contributed by atoms with Gasteiger partial charge >= 0.3 is 6.18 Å². The van der Waals surface area contributed by atoms with E-state index in [4.69, 9.17) is 0 Å². The second-order valence-electron chi connectivity index (χ2n) is 5.80. The Kier molecular flexibility index (Phi) is 5.03. The highest BCUT2D eigenvalue weighted by atomic mass is 32.2. The van der Waals surface area contributed by atoms with Gasteiger partial charge in [-0.3, -0.25) is 9.67 Å². The average molecular weight is 396 g/mol. The van der Waals surface area contributed by atoms with Crippen molar-refractivity contribution in [2.45, 2.75) is 17.6 Å². The van der Waals surface area contributed by atoms with Gasteiger partial charge in [-0.25, -0.2) is 13.1 Å². The van der Waals surface area contributed by atoms with Crippen molar-refractivity contribution >= 4 is 10.0 Å². The van der Waals surface area contributed by atoms with Gasteiger partial charge in [0.25, 0.3) is 0 Å². The van der Waals surface area contributed by atoms with E-state index in [0.717, 1.165) is 29.3 Å². The number of hydrogen-bond acceptors (Lipinski definition) is 4. The molecule has 27 heavy (non-hydrogen) atoms. The number of aromatic nitrogens is 3. The molecule has 0 atom stereocenters. The molecule has 0 spiro atoms. The third kappa shape index (κ3) is 4.34. The van der Waals surface area contributed by atoms with Crippen LogP contribution in [0.15, 0.2) is 60.0 Å².